The minimum Gasteiger partial charge on any atom is -0.481 e. The molecule has 0 bridgehead atoms. The largest absolute Gasteiger partial charge is 0.481 e. The van der Waals surface area contributed by atoms with E-state index < -0.39 is 11.4 Å². The Hall–Kier alpha value is -1.10. The number of rotatable bonds is 4. The summed E-state index contributed by atoms with van der Waals surface area (Å²) in [6.07, 6.45) is 3.41. The molecule has 1 aliphatic heterocycles. The Morgan fingerprint density at radius 2 is 1.89 bits per heavy atom. The van der Waals surface area contributed by atoms with Crippen LogP contribution in [0.25, 0.3) is 0 Å². The third kappa shape index (κ3) is 2.83. The number of likely N-dealkylation sites (tertiary alicyclic amines) is 1. The number of piperidine rings is 1. The summed E-state index contributed by atoms with van der Waals surface area (Å²) in [4.78, 5) is 25.1. The number of carbonyl (C=O) groups excluding carboxylic acids is 1. The van der Waals surface area contributed by atoms with E-state index in [1.165, 1.54) is 0 Å². The standard InChI is InChI=1S/C13H22N2O3/c1-9(11(16)14-10-3-4-10)15-7-5-13(2,6-8-15)12(17)18/h9-10H,3-8H2,1-2H3,(H,14,16)(H,17,18). The summed E-state index contributed by atoms with van der Waals surface area (Å²) in [7, 11) is 0. The summed E-state index contributed by atoms with van der Waals surface area (Å²) >= 11 is 0. The van der Waals surface area contributed by atoms with Gasteiger partial charge >= 0.3 is 5.97 Å². The van der Waals surface area contributed by atoms with Crippen LogP contribution in [0, 0.1) is 5.41 Å². The third-order valence-corrected chi connectivity index (χ3v) is 4.27. The Morgan fingerprint density at radius 1 is 1.33 bits per heavy atom. The molecular formula is C13H22N2O3. The highest BCUT2D eigenvalue weighted by Crippen LogP contribution is 2.31. The van der Waals surface area contributed by atoms with Crippen molar-refractivity contribution in [1.29, 1.82) is 0 Å². The fourth-order valence-electron chi connectivity index (χ4n) is 2.33. The van der Waals surface area contributed by atoms with Crippen LogP contribution in [-0.4, -0.2) is 47.1 Å². The van der Waals surface area contributed by atoms with E-state index in [2.05, 4.69) is 10.2 Å². The first-order chi connectivity index (χ1) is 8.42. The second kappa shape index (κ2) is 4.88. The van der Waals surface area contributed by atoms with Gasteiger partial charge < -0.3 is 10.4 Å². The van der Waals surface area contributed by atoms with Gasteiger partial charge in [0.2, 0.25) is 5.91 Å². The number of hydrogen-bond acceptors (Lipinski definition) is 3. The molecule has 2 fully saturated rings. The van der Waals surface area contributed by atoms with Gasteiger partial charge in [-0.3, -0.25) is 14.5 Å². The zero-order valence-corrected chi connectivity index (χ0v) is 11.1. The maximum atomic E-state index is 11.9. The molecule has 0 spiro atoms. The number of carboxylic acid groups (broad SMARTS) is 1. The number of hydrogen-bond donors (Lipinski definition) is 2. The summed E-state index contributed by atoms with van der Waals surface area (Å²) in [6, 6.07) is 0.234. The fraction of sp³-hybridized carbons (Fsp3) is 0.846. The zero-order chi connectivity index (χ0) is 13.3. The topological polar surface area (TPSA) is 69.6 Å². The monoisotopic (exact) mass is 254 g/mol. The van der Waals surface area contributed by atoms with Gasteiger partial charge in [0.25, 0.3) is 0 Å². The van der Waals surface area contributed by atoms with Gasteiger partial charge in [0, 0.05) is 6.04 Å². The lowest BCUT2D eigenvalue weighted by molar-refractivity contribution is -0.151. The van der Waals surface area contributed by atoms with Crippen LogP contribution < -0.4 is 5.32 Å². The second-order valence-corrected chi connectivity index (χ2v) is 5.86. The average molecular weight is 254 g/mol. The lowest BCUT2D eigenvalue weighted by Crippen LogP contribution is -2.51. The molecule has 1 saturated carbocycles. The maximum Gasteiger partial charge on any atom is 0.309 e. The Morgan fingerprint density at radius 3 is 2.33 bits per heavy atom. The molecule has 102 valence electrons. The predicted molar refractivity (Wildman–Crippen MR) is 67.2 cm³/mol. The Balaban J connectivity index is 1.84. The first-order valence-corrected chi connectivity index (χ1v) is 6.70. The van der Waals surface area contributed by atoms with Gasteiger partial charge in [-0.25, -0.2) is 0 Å². The van der Waals surface area contributed by atoms with Crippen LogP contribution in [0.2, 0.25) is 0 Å². The summed E-state index contributed by atoms with van der Waals surface area (Å²) in [5, 5.41) is 12.2. The molecule has 0 aromatic carbocycles. The molecule has 1 unspecified atom stereocenters. The molecule has 1 atom stereocenters. The van der Waals surface area contributed by atoms with Crippen molar-refractivity contribution in [2.75, 3.05) is 13.1 Å². The molecule has 5 nitrogen and oxygen atoms in total. The molecule has 2 N–H and O–H groups in total. The number of nitrogens with zero attached hydrogens (tertiary/aromatic N) is 1. The van der Waals surface area contributed by atoms with Crippen LogP contribution in [-0.2, 0) is 9.59 Å². The van der Waals surface area contributed by atoms with Gasteiger partial charge in [-0.15, -0.1) is 0 Å². The van der Waals surface area contributed by atoms with Crippen LogP contribution in [0.4, 0.5) is 0 Å². The second-order valence-electron chi connectivity index (χ2n) is 5.86. The van der Waals surface area contributed by atoms with Crippen molar-refractivity contribution in [3.63, 3.8) is 0 Å². The fourth-order valence-corrected chi connectivity index (χ4v) is 2.33. The van der Waals surface area contributed by atoms with Crippen molar-refractivity contribution >= 4 is 11.9 Å². The number of aliphatic carboxylic acids is 1. The van der Waals surface area contributed by atoms with Crippen molar-refractivity contribution in [3.8, 4) is 0 Å². The quantitative estimate of drug-likeness (QED) is 0.780. The van der Waals surface area contributed by atoms with Crippen molar-refractivity contribution in [3.05, 3.63) is 0 Å². The molecule has 2 rings (SSSR count). The lowest BCUT2D eigenvalue weighted by Gasteiger charge is -2.38. The number of amides is 1. The molecule has 0 aromatic rings. The van der Waals surface area contributed by atoms with Gasteiger partial charge in [0.15, 0.2) is 0 Å². The van der Waals surface area contributed by atoms with E-state index in [0.29, 0.717) is 32.0 Å². The number of carboxylic acids is 1. The molecule has 5 heteroatoms. The van der Waals surface area contributed by atoms with E-state index in [0.717, 1.165) is 12.8 Å². The summed E-state index contributed by atoms with van der Waals surface area (Å²) in [5.74, 6) is -0.645. The highest BCUT2D eigenvalue weighted by molar-refractivity contribution is 5.82. The van der Waals surface area contributed by atoms with Crippen molar-refractivity contribution in [2.24, 2.45) is 5.41 Å². The van der Waals surface area contributed by atoms with Gasteiger partial charge in [-0.2, -0.15) is 0 Å². The molecule has 2 aliphatic rings. The van der Waals surface area contributed by atoms with Crippen LogP contribution in [0.15, 0.2) is 0 Å². The molecular weight excluding hydrogens is 232 g/mol. The number of nitrogens with one attached hydrogen (secondary N) is 1. The highest BCUT2D eigenvalue weighted by atomic mass is 16.4. The Bertz CT molecular complexity index is 344. The van der Waals surface area contributed by atoms with Gasteiger partial charge in [0.1, 0.15) is 0 Å². The smallest absolute Gasteiger partial charge is 0.309 e. The van der Waals surface area contributed by atoms with E-state index in [1.807, 2.05) is 6.92 Å². The van der Waals surface area contributed by atoms with Crippen LogP contribution in [0.5, 0.6) is 0 Å². The first kappa shape index (κ1) is 13.3. The molecule has 1 aliphatic carbocycles. The molecule has 1 heterocycles. The maximum absolute atomic E-state index is 11.9. The van der Waals surface area contributed by atoms with Crippen LogP contribution >= 0.6 is 0 Å². The summed E-state index contributed by atoms with van der Waals surface area (Å²) in [6.45, 7) is 5.06. The highest BCUT2D eigenvalue weighted by Gasteiger charge is 2.39. The third-order valence-electron chi connectivity index (χ3n) is 4.27. The van der Waals surface area contributed by atoms with Gasteiger partial charge in [0.05, 0.1) is 11.5 Å². The van der Waals surface area contributed by atoms with E-state index in [1.54, 1.807) is 6.92 Å². The molecule has 1 amide bonds. The minimum atomic E-state index is -0.725. The molecule has 0 radical (unpaired) electrons. The van der Waals surface area contributed by atoms with Crippen molar-refractivity contribution < 1.29 is 14.7 Å². The van der Waals surface area contributed by atoms with E-state index in [4.69, 9.17) is 5.11 Å². The molecule has 18 heavy (non-hydrogen) atoms. The summed E-state index contributed by atoms with van der Waals surface area (Å²) < 4.78 is 0. The first-order valence-electron chi connectivity index (χ1n) is 6.70. The SMILES string of the molecule is CC(C(=O)NC1CC1)N1CCC(C)(C(=O)O)CC1. The van der Waals surface area contributed by atoms with E-state index in [9.17, 15) is 9.59 Å². The summed E-state index contributed by atoms with van der Waals surface area (Å²) in [5.41, 5.74) is -0.622. The van der Waals surface area contributed by atoms with Crippen LogP contribution in [0.3, 0.4) is 0 Å². The zero-order valence-electron chi connectivity index (χ0n) is 11.1. The molecule has 0 aromatic heterocycles. The lowest BCUT2D eigenvalue weighted by atomic mass is 9.80. The minimum absolute atomic E-state index is 0.0800. The molecule has 1 saturated heterocycles. The predicted octanol–water partition coefficient (Wildman–Crippen LogP) is 0.840. The number of carbonyl (C=O) groups is 2. The van der Waals surface area contributed by atoms with Crippen LogP contribution in [0.1, 0.15) is 39.5 Å². The Labute approximate surface area is 108 Å². The Kier molecular flexibility index (Phi) is 3.61. The van der Waals surface area contributed by atoms with Crippen molar-refractivity contribution in [2.45, 2.75) is 51.6 Å². The van der Waals surface area contributed by atoms with Gasteiger partial charge in [-0.1, -0.05) is 0 Å². The van der Waals surface area contributed by atoms with Crippen molar-refractivity contribution in [1.82, 2.24) is 10.2 Å². The normalized spacial score (nSPS) is 25.4. The van der Waals surface area contributed by atoms with E-state index >= 15 is 0 Å². The average Bonchev–Trinajstić information content (AvgIpc) is 3.13. The van der Waals surface area contributed by atoms with Gasteiger partial charge in [-0.05, 0) is 52.6 Å². The van der Waals surface area contributed by atoms with E-state index in [-0.39, 0.29) is 11.9 Å².